The number of carbonyl (C=O) groups is 1. The zero-order valence-electron chi connectivity index (χ0n) is 10.2. The van der Waals surface area contributed by atoms with Gasteiger partial charge in [0.25, 0.3) is 0 Å². The third-order valence-corrected chi connectivity index (χ3v) is 2.56. The fourth-order valence-corrected chi connectivity index (χ4v) is 1.47. The zero-order valence-corrected chi connectivity index (χ0v) is 10.2. The lowest BCUT2D eigenvalue weighted by molar-refractivity contribution is -0.121. The van der Waals surface area contributed by atoms with E-state index in [1.807, 2.05) is 12.1 Å². The van der Waals surface area contributed by atoms with Crippen molar-refractivity contribution in [2.24, 2.45) is 5.84 Å². The SMILES string of the molecule is CCc1ccc(OCCCCC(=O)NN)cc1. The van der Waals surface area contributed by atoms with E-state index in [1.165, 1.54) is 5.56 Å². The molecule has 0 aliphatic rings. The van der Waals surface area contributed by atoms with E-state index in [2.05, 4.69) is 24.5 Å². The highest BCUT2D eigenvalue weighted by Gasteiger charge is 1.98. The Hall–Kier alpha value is -1.55. The number of rotatable bonds is 7. The normalized spacial score (nSPS) is 10.0. The van der Waals surface area contributed by atoms with Crippen molar-refractivity contribution in [1.82, 2.24) is 5.43 Å². The lowest BCUT2D eigenvalue weighted by Gasteiger charge is -2.06. The van der Waals surface area contributed by atoms with E-state index >= 15 is 0 Å². The van der Waals surface area contributed by atoms with Crippen molar-refractivity contribution in [2.75, 3.05) is 6.61 Å². The van der Waals surface area contributed by atoms with Gasteiger partial charge in [0.2, 0.25) is 5.91 Å². The summed E-state index contributed by atoms with van der Waals surface area (Å²) in [6, 6.07) is 8.09. The Labute approximate surface area is 102 Å². The highest BCUT2D eigenvalue weighted by Crippen LogP contribution is 2.13. The minimum absolute atomic E-state index is 0.128. The van der Waals surface area contributed by atoms with Crippen LogP contribution in [0, 0.1) is 0 Å². The van der Waals surface area contributed by atoms with Gasteiger partial charge >= 0.3 is 0 Å². The molecule has 0 aliphatic carbocycles. The van der Waals surface area contributed by atoms with Gasteiger partial charge in [-0.25, -0.2) is 5.84 Å². The number of benzene rings is 1. The predicted molar refractivity (Wildman–Crippen MR) is 67.5 cm³/mol. The molecule has 0 saturated carbocycles. The second-order valence-corrected chi connectivity index (χ2v) is 3.87. The van der Waals surface area contributed by atoms with Crippen LogP contribution in [0.3, 0.4) is 0 Å². The molecule has 0 fully saturated rings. The quantitative estimate of drug-likeness (QED) is 0.328. The van der Waals surface area contributed by atoms with Gasteiger partial charge in [0.1, 0.15) is 5.75 Å². The van der Waals surface area contributed by atoms with Crippen molar-refractivity contribution in [3.63, 3.8) is 0 Å². The summed E-state index contributed by atoms with van der Waals surface area (Å²) in [5, 5.41) is 0. The fraction of sp³-hybridized carbons (Fsp3) is 0.462. The van der Waals surface area contributed by atoms with Crippen LogP contribution in [0.2, 0.25) is 0 Å². The third kappa shape index (κ3) is 5.36. The van der Waals surface area contributed by atoms with E-state index in [0.717, 1.165) is 25.0 Å². The molecule has 94 valence electrons. The van der Waals surface area contributed by atoms with Crippen LogP contribution < -0.4 is 16.0 Å². The van der Waals surface area contributed by atoms with Crippen LogP contribution in [0.4, 0.5) is 0 Å². The molecule has 0 spiro atoms. The van der Waals surface area contributed by atoms with Crippen LogP contribution >= 0.6 is 0 Å². The molecular weight excluding hydrogens is 216 g/mol. The van der Waals surface area contributed by atoms with E-state index in [9.17, 15) is 4.79 Å². The van der Waals surface area contributed by atoms with E-state index < -0.39 is 0 Å². The summed E-state index contributed by atoms with van der Waals surface area (Å²) in [6.45, 7) is 2.75. The first-order chi connectivity index (χ1) is 8.26. The van der Waals surface area contributed by atoms with Crippen LogP contribution in [-0.2, 0) is 11.2 Å². The van der Waals surface area contributed by atoms with Crippen molar-refractivity contribution in [1.29, 1.82) is 0 Å². The smallest absolute Gasteiger partial charge is 0.233 e. The molecule has 1 amide bonds. The summed E-state index contributed by atoms with van der Waals surface area (Å²) in [4.78, 5) is 10.8. The first kappa shape index (κ1) is 13.5. The standard InChI is InChI=1S/C13H20N2O2/c1-2-11-6-8-12(9-7-11)17-10-4-3-5-13(16)15-14/h6-9H,2-5,10,14H2,1H3,(H,15,16). The number of amides is 1. The minimum Gasteiger partial charge on any atom is -0.494 e. The summed E-state index contributed by atoms with van der Waals surface area (Å²) in [5.74, 6) is 5.73. The average molecular weight is 236 g/mol. The van der Waals surface area contributed by atoms with Gasteiger partial charge in [0.05, 0.1) is 6.61 Å². The first-order valence-electron chi connectivity index (χ1n) is 5.97. The Kier molecular flexibility index (Phi) is 6.10. The Morgan fingerprint density at radius 1 is 1.29 bits per heavy atom. The van der Waals surface area contributed by atoms with Gasteiger partial charge in [-0.1, -0.05) is 19.1 Å². The number of nitrogens with one attached hydrogen (secondary N) is 1. The summed E-state index contributed by atoms with van der Waals surface area (Å²) < 4.78 is 5.56. The Bertz CT molecular complexity index is 336. The number of ether oxygens (including phenoxy) is 1. The van der Waals surface area contributed by atoms with Crippen LogP contribution in [0.25, 0.3) is 0 Å². The number of hydrazine groups is 1. The van der Waals surface area contributed by atoms with Gasteiger partial charge in [0.15, 0.2) is 0 Å². The fourth-order valence-electron chi connectivity index (χ4n) is 1.47. The number of unbranched alkanes of at least 4 members (excludes halogenated alkanes) is 1. The second kappa shape index (κ2) is 7.68. The lowest BCUT2D eigenvalue weighted by atomic mass is 10.2. The highest BCUT2D eigenvalue weighted by atomic mass is 16.5. The van der Waals surface area contributed by atoms with Crippen molar-refractivity contribution in [3.05, 3.63) is 29.8 Å². The molecule has 4 heteroatoms. The van der Waals surface area contributed by atoms with Crippen LogP contribution in [0.1, 0.15) is 31.7 Å². The molecule has 0 heterocycles. The largest absolute Gasteiger partial charge is 0.494 e. The molecule has 0 bridgehead atoms. The topological polar surface area (TPSA) is 64.3 Å². The second-order valence-electron chi connectivity index (χ2n) is 3.87. The van der Waals surface area contributed by atoms with E-state index in [-0.39, 0.29) is 5.91 Å². The van der Waals surface area contributed by atoms with E-state index in [0.29, 0.717) is 13.0 Å². The monoisotopic (exact) mass is 236 g/mol. The Morgan fingerprint density at radius 2 is 2.00 bits per heavy atom. The molecule has 0 unspecified atom stereocenters. The van der Waals surface area contributed by atoms with E-state index in [4.69, 9.17) is 10.6 Å². The molecule has 17 heavy (non-hydrogen) atoms. The van der Waals surface area contributed by atoms with Crippen molar-refractivity contribution in [3.8, 4) is 5.75 Å². The van der Waals surface area contributed by atoms with Gasteiger partial charge in [-0.3, -0.25) is 10.2 Å². The van der Waals surface area contributed by atoms with Crippen molar-refractivity contribution >= 4 is 5.91 Å². The van der Waals surface area contributed by atoms with Crippen molar-refractivity contribution in [2.45, 2.75) is 32.6 Å². The predicted octanol–water partition coefficient (Wildman–Crippen LogP) is 1.79. The third-order valence-electron chi connectivity index (χ3n) is 2.56. The minimum atomic E-state index is -0.128. The maximum Gasteiger partial charge on any atom is 0.233 e. The number of hydrogen-bond acceptors (Lipinski definition) is 3. The molecule has 0 atom stereocenters. The maximum absolute atomic E-state index is 10.8. The molecule has 0 saturated heterocycles. The van der Waals surface area contributed by atoms with Crippen LogP contribution in [-0.4, -0.2) is 12.5 Å². The number of aryl methyl sites for hydroxylation is 1. The first-order valence-corrected chi connectivity index (χ1v) is 5.97. The lowest BCUT2D eigenvalue weighted by Crippen LogP contribution is -2.29. The molecule has 0 radical (unpaired) electrons. The molecule has 0 aliphatic heterocycles. The number of hydrogen-bond donors (Lipinski definition) is 2. The van der Waals surface area contributed by atoms with Gasteiger partial charge < -0.3 is 4.74 Å². The maximum atomic E-state index is 10.8. The number of nitrogens with two attached hydrogens (primary N) is 1. The Balaban J connectivity index is 2.15. The average Bonchev–Trinajstić information content (AvgIpc) is 2.38. The summed E-state index contributed by atoms with van der Waals surface area (Å²) in [7, 11) is 0. The van der Waals surface area contributed by atoms with Gasteiger partial charge in [-0.2, -0.15) is 0 Å². The molecular formula is C13H20N2O2. The summed E-state index contributed by atoms with van der Waals surface area (Å²) >= 11 is 0. The van der Waals surface area contributed by atoms with Crippen LogP contribution in [0.15, 0.2) is 24.3 Å². The molecule has 0 aromatic heterocycles. The zero-order chi connectivity index (χ0) is 12.5. The van der Waals surface area contributed by atoms with Crippen molar-refractivity contribution < 1.29 is 9.53 Å². The molecule has 3 N–H and O–H groups in total. The molecule has 1 aromatic carbocycles. The van der Waals surface area contributed by atoms with Crippen LogP contribution in [0.5, 0.6) is 5.75 Å². The summed E-state index contributed by atoms with van der Waals surface area (Å²) in [5.41, 5.74) is 3.41. The Morgan fingerprint density at radius 3 is 2.59 bits per heavy atom. The summed E-state index contributed by atoms with van der Waals surface area (Å²) in [6.07, 6.45) is 3.13. The van der Waals surface area contributed by atoms with Gasteiger partial charge in [0, 0.05) is 6.42 Å². The van der Waals surface area contributed by atoms with Gasteiger partial charge in [-0.05, 0) is 37.0 Å². The molecule has 4 nitrogen and oxygen atoms in total. The highest BCUT2D eigenvalue weighted by molar-refractivity contribution is 5.75. The molecule has 1 aromatic rings. The molecule has 1 rings (SSSR count). The van der Waals surface area contributed by atoms with Gasteiger partial charge in [-0.15, -0.1) is 0 Å². The number of carbonyl (C=O) groups excluding carboxylic acids is 1. The van der Waals surface area contributed by atoms with E-state index in [1.54, 1.807) is 0 Å².